The van der Waals surface area contributed by atoms with E-state index < -0.39 is 66.4 Å². The average Bonchev–Trinajstić information content (AvgIpc) is 3.45. The average molecular weight is 596 g/mol. The predicted octanol–water partition coefficient (Wildman–Crippen LogP) is 0.420. The zero-order valence-electron chi connectivity index (χ0n) is 24.7. The molecular formula is C31H41N5O7. The molecule has 2 aromatic rings. The third-order valence-corrected chi connectivity index (χ3v) is 6.77. The van der Waals surface area contributed by atoms with E-state index >= 15 is 0 Å². The maximum Gasteiger partial charge on any atom is 0.258 e. The number of nitrogens with two attached hydrogens (primary N) is 1. The van der Waals surface area contributed by atoms with Gasteiger partial charge in [0, 0.05) is 12.1 Å². The number of carbonyl (C=O) groups is 5. The fourth-order valence-corrected chi connectivity index (χ4v) is 4.80. The molecule has 1 heterocycles. The molecule has 0 bridgehead atoms. The van der Waals surface area contributed by atoms with Crippen LogP contribution in [-0.4, -0.2) is 82.5 Å². The van der Waals surface area contributed by atoms with Crippen LogP contribution in [0.25, 0.3) is 0 Å². The van der Waals surface area contributed by atoms with Gasteiger partial charge in [-0.3, -0.25) is 24.0 Å². The Morgan fingerprint density at radius 3 is 2.23 bits per heavy atom. The fraction of sp³-hybridized carbons (Fsp3) is 0.452. The second-order valence-corrected chi connectivity index (χ2v) is 11.6. The van der Waals surface area contributed by atoms with Crippen molar-refractivity contribution in [3.05, 3.63) is 66.2 Å². The minimum absolute atomic E-state index is 0.0561. The maximum absolute atomic E-state index is 13.6. The van der Waals surface area contributed by atoms with Gasteiger partial charge in [-0.25, -0.2) is 0 Å². The van der Waals surface area contributed by atoms with E-state index in [2.05, 4.69) is 16.0 Å². The first-order chi connectivity index (χ1) is 20.3. The van der Waals surface area contributed by atoms with Crippen LogP contribution < -0.4 is 26.4 Å². The predicted molar refractivity (Wildman–Crippen MR) is 158 cm³/mol. The zero-order valence-corrected chi connectivity index (χ0v) is 24.7. The van der Waals surface area contributed by atoms with Gasteiger partial charge in [0.15, 0.2) is 12.7 Å². The number of benzene rings is 2. The molecule has 2 aromatic carbocycles. The van der Waals surface area contributed by atoms with Crippen molar-refractivity contribution >= 4 is 29.5 Å². The van der Waals surface area contributed by atoms with Crippen LogP contribution in [0.1, 0.15) is 45.6 Å². The van der Waals surface area contributed by atoms with Crippen LogP contribution >= 0.6 is 0 Å². The SMILES string of the molecule is CC(C)(C)NC(=O)[C@@H]1CCCN1C(=O)[C@@H](O)[C@H](Cc1ccccc1)NC(=O)[C@H](CC(N)=O)NC(=O)COc1ccccc1. The highest BCUT2D eigenvalue weighted by Gasteiger charge is 2.40. The smallest absolute Gasteiger partial charge is 0.258 e. The molecule has 232 valence electrons. The van der Waals surface area contributed by atoms with E-state index in [1.807, 2.05) is 20.8 Å². The summed E-state index contributed by atoms with van der Waals surface area (Å²) in [6.45, 7) is 5.35. The number of hydrogen-bond acceptors (Lipinski definition) is 7. The molecule has 0 unspecified atom stereocenters. The van der Waals surface area contributed by atoms with E-state index in [0.717, 1.165) is 5.56 Å². The Hall–Kier alpha value is -4.45. The van der Waals surface area contributed by atoms with Crippen molar-refractivity contribution < 1.29 is 33.8 Å². The lowest BCUT2D eigenvalue weighted by molar-refractivity contribution is -0.147. The first-order valence-electron chi connectivity index (χ1n) is 14.2. The third-order valence-electron chi connectivity index (χ3n) is 6.77. The van der Waals surface area contributed by atoms with Crippen molar-refractivity contribution in [1.82, 2.24) is 20.9 Å². The van der Waals surface area contributed by atoms with Gasteiger partial charge in [-0.15, -0.1) is 0 Å². The molecule has 12 nitrogen and oxygen atoms in total. The number of rotatable bonds is 13. The van der Waals surface area contributed by atoms with Gasteiger partial charge in [0.1, 0.15) is 17.8 Å². The molecule has 0 aliphatic carbocycles. The van der Waals surface area contributed by atoms with Crippen molar-refractivity contribution in [3.8, 4) is 5.75 Å². The molecule has 4 atom stereocenters. The van der Waals surface area contributed by atoms with E-state index in [-0.39, 0.29) is 18.9 Å². The summed E-state index contributed by atoms with van der Waals surface area (Å²) in [5.41, 5.74) is 5.56. The van der Waals surface area contributed by atoms with Gasteiger partial charge in [-0.05, 0) is 57.7 Å². The monoisotopic (exact) mass is 595 g/mol. The van der Waals surface area contributed by atoms with Crippen molar-refractivity contribution in [1.29, 1.82) is 0 Å². The normalized spacial score (nSPS) is 16.8. The van der Waals surface area contributed by atoms with Gasteiger partial charge in [0.05, 0.1) is 12.5 Å². The molecule has 1 aliphatic rings. The van der Waals surface area contributed by atoms with Gasteiger partial charge in [-0.2, -0.15) is 0 Å². The number of nitrogens with one attached hydrogen (secondary N) is 3. The van der Waals surface area contributed by atoms with Crippen LogP contribution in [0.2, 0.25) is 0 Å². The summed E-state index contributed by atoms with van der Waals surface area (Å²) < 4.78 is 5.42. The molecule has 0 radical (unpaired) electrons. The van der Waals surface area contributed by atoms with Gasteiger partial charge in [0.25, 0.3) is 11.8 Å². The molecule has 43 heavy (non-hydrogen) atoms. The Bertz CT molecular complexity index is 1270. The van der Waals surface area contributed by atoms with E-state index in [0.29, 0.717) is 18.6 Å². The molecule has 1 aliphatic heterocycles. The first kappa shape index (κ1) is 33.1. The highest BCUT2D eigenvalue weighted by Crippen LogP contribution is 2.21. The Kier molecular flexibility index (Phi) is 11.6. The lowest BCUT2D eigenvalue weighted by Crippen LogP contribution is -2.59. The largest absolute Gasteiger partial charge is 0.484 e. The van der Waals surface area contributed by atoms with E-state index in [1.54, 1.807) is 60.7 Å². The topological polar surface area (TPSA) is 180 Å². The Morgan fingerprint density at radius 2 is 1.63 bits per heavy atom. The highest BCUT2D eigenvalue weighted by molar-refractivity contribution is 5.93. The Morgan fingerprint density at radius 1 is 1.00 bits per heavy atom. The molecule has 1 saturated heterocycles. The Balaban J connectivity index is 1.76. The summed E-state index contributed by atoms with van der Waals surface area (Å²) in [6.07, 6.45) is -1.17. The fourth-order valence-electron chi connectivity index (χ4n) is 4.80. The summed E-state index contributed by atoms with van der Waals surface area (Å²) in [5.74, 6) is -2.93. The molecular weight excluding hydrogens is 554 g/mol. The van der Waals surface area contributed by atoms with E-state index in [4.69, 9.17) is 10.5 Å². The maximum atomic E-state index is 13.6. The summed E-state index contributed by atoms with van der Waals surface area (Å²) >= 11 is 0. The second-order valence-electron chi connectivity index (χ2n) is 11.6. The number of amides is 5. The molecule has 0 aromatic heterocycles. The second kappa shape index (κ2) is 15.1. The number of carbonyl (C=O) groups excluding carboxylic acids is 5. The standard InChI is InChI=1S/C31H41N5O7/c1-31(2,3)35-29(41)24-15-10-16-36(24)30(42)27(39)22(17-20-11-6-4-7-12-20)34-28(40)23(18-25(32)37)33-26(38)19-43-21-13-8-5-9-14-21/h4-9,11-14,22-24,27,39H,10,15-19H2,1-3H3,(H2,32,37)(H,33,38)(H,34,40)(H,35,41)/t22-,23-,24-,27-/m0/s1. The number of likely N-dealkylation sites (tertiary alicyclic amines) is 1. The first-order valence-corrected chi connectivity index (χ1v) is 14.2. The highest BCUT2D eigenvalue weighted by atomic mass is 16.5. The van der Waals surface area contributed by atoms with Crippen molar-refractivity contribution in [2.45, 2.75) is 76.2 Å². The molecule has 0 spiro atoms. The van der Waals surface area contributed by atoms with Crippen LogP contribution in [-0.2, 0) is 30.4 Å². The summed E-state index contributed by atoms with van der Waals surface area (Å²) in [5, 5.41) is 19.3. The number of primary amides is 1. The lowest BCUT2D eigenvalue weighted by Gasteiger charge is -2.32. The number of ether oxygens (including phenoxy) is 1. The molecule has 6 N–H and O–H groups in total. The van der Waals surface area contributed by atoms with Crippen LogP contribution in [0.3, 0.4) is 0 Å². The van der Waals surface area contributed by atoms with Crippen LogP contribution in [0.5, 0.6) is 5.75 Å². The molecule has 0 saturated carbocycles. The van der Waals surface area contributed by atoms with Gasteiger partial charge >= 0.3 is 0 Å². The number of aliphatic hydroxyl groups excluding tert-OH is 1. The van der Waals surface area contributed by atoms with Gasteiger partial charge < -0.3 is 36.4 Å². The van der Waals surface area contributed by atoms with Crippen molar-refractivity contribution in [2.75, 3.05) is 13.2 Å². The number of aliphatic hydroxyl groups is 1. The quantitative estimate of drug-likeness (QED) is 0.223. The molecule has 3 rings (SSSR count). The summed E-state index contributed by atoms with van der Waals surface area (Å²) in [6, 6.07) is 14.2. The van der Waals surface area contributed by atoms with Crippen molar-refractivity contribution in [3.63, 3.8) is 0 Å². The molecule has 1 fully saturated rings. The number of nitrogens with zero attached hydrogens (tertiary/aromatic N) is 1. The van der Waals surface area contributed by atoms with Gasteiger partial charge in [-0.1, -0.05) is 48.5 Å². The van der Waals surface area contributed by atoms with E-state index in [9.17, 15) is 29.1 Å². The summed E-state index contributed by atoms with van der Waals surface area (Å²) in [7, 11) is 0. The van der Waals surface area contributed by atoms with E-state index in [1.165, 1.54) is 4.90 Å². The van der Waals surface area contributed by atoms with Crippen LogP contribution in [0, 0.1) is 0 Å². The zero-order chi connectivity index (χ0) is 31.6. The van der Waals surface area contributed by atoms with Crippen LogP contribution in [0.15, 0.2) is 60.7 Å². The minimum Gasteiger partial charge on any atom is -0.484 e. The van der Waals surface area contributed by atoms with Gasteiger partial charge in [0.2, 0.25) is 17.7 Å². The summed E-state index contributed by atoms with van der Waals surface area (Å²) in [4.78, 5) is 65.6. The van der Waals surface area contributed by atoms with Crippen LogP contribution in [0.4, 0.5) is 0 Å². The third kappa shape index (κ3) is 10.4. The Labute approximate surface area is 251 Å². The number of para-hydroxylation sites is 1. The molecule has 5 amide bonds. The van der Waals surface area contributed by atoms with Crippen molar-refractivity contribution in [2.24, 2.45) is 5.73 Å². The minimum atomic E-state index is -1.72. The lowest BCUT2D eigenvalue weighted by atomic mass is 9.99. The number of hydrogen-bond donors (Lipinski definition) is 5. The molecule has 12 heteroatoms.